The number of nitro groups is 1. The maximum absolute atomic E-state index is 12.1. The second-order valence-electron chi connectivity index (χ2n) is 6.01. The Balaban J connectivity index is 1.81. The minimum atomic E-state index is -0.625. The number of aryl methyl sites for hydroxylation is 2. The SMILES string of the molecule is CCc1c(C)[nH]c2c1/C(=N/OC(=O)c1ccc([N+](=O)[O-])cc1)CCC2. The van der Waals surface area contributed by atoms with Crippen molar-refractivity contribution in [1.29, 1.82) is 0 Å². The molecule has 1 aromatic heterocycles. The average Bonchev–Trinajstić information content (AvgIpc) is 2.95. The van der Waals surface area contributed by atoms with Crippen LogP contribution in [-0.2, 0) is 17.7 Å². The van der Waals surface area contributed by atoms with Gasteiger partial charge in [-0.3, -0.25) is 10.1 Å². The fourth-order valence-corrected chi connectivity index (χ4v) is 3.23. The normalized spacial score (nSPS) is 15.0. The highest BCUT2D eigenvalue weighted by molar-refractivity contribution is 6.04. The number of oxime groups is 1. The van der Waals surface area contributed by atoms with Gasteiger partial charge in [0.15, 0.2) is 0 Å². The zero-order valence-corrected chi connectivity index (χ0v) is 14.2. The average molecular weight is 341 g/mol. The highest BCUT2D eigenvalue weighted by Crippen LogP contribution is 2.28. The van der Waals surface area contributed by atoms with E-state index in [1.165, 1.54) is 29.8 Å². The van der Waals surface area contributed by atoms with Gasteiger partial charge in [-0.1, -0.05) is 12.1 Å². The van der Waals surface area contributed by atoms with Gasteiger partial charge >= 0.3 is 5.97 Å². The van der Waals surface area contributed by atoms with Crippen molar-refractivity contribution >= 4 is 17.4 Å². The first-order valence-electron chi connectivity index (χ1n) is 8.24. The van der Waals surface area contributed by atoms with Crippen molar-refractivity contribution in [1.82, 2.24) is 4.98 Å². The van der Waals surface area contributed by atoms with E-state index in [2.05, 4.69) is 17.1 Å². The summed E-state index contributed by atoms with van der Waals surface area (Å²) in [4.78, 5) is 30.8. The van der Waals surface area contributed by atoms with Crippen molar-refractivity contribution in [3.8, 4) is 0 Å². The van der Waals surface area contributed by atoms with Gasteiger partial charge in [0, 0.05) is 29.1 Å². The first kappa shape index (κ1) is 16.9. The Bertz CT molecular complexity index is 850. The summed E-state index contributed by atoms with van der Waals surface area (Å²) >= 11 is 0. The Morgan fingerprint density at radius 2 is 2.04 bits per heavy atom. The predicted octanol–water partition coefficient (Wildman–Crippen LogP) is 3.69. The van der Waals surface area contributed by atoms with Crippen LogP contribution >= 0.6 is 0 Å². The van der Waals surface area contributed by atoms with Crippen LogP contribution in [0.1, 0.15) is 52.6 Å². The van der Waals surface area contributed by atoms with Crippen molar-refractivity contribution in [3.63, 3.8) is 0 Å². The van der Waals surface area contributed by atoms with Crippen LogP contribution in [0.3, 0.4) is 0 Å². The number of hydrogen-bond acceptors (Lipinski definition) is 5. The lowest BCUT2D eigenvalue weighted by Gasteiger charge is -2.14. The molecular formula is C18H19N3O4. The zero-order chi connectivity index (χ0) is 18.0. The van der Waals surface area contributed by atoms with Crippen LogP contribution in [0.25, 0.3) is 0 Å². The van der Waals surface area contributed by atoms with Gasteiger partial charge in [-0.15, -0.1) is 0 Å². The van der Waals surface area contributed by atoms with Gasteiger partial charge in [-0.2, -0.15) is 0 Å². The maximum atomic E-state index is 12.1. The first-order valence-corrected chi connectivity index (χ1v) is 8.24. The van der Waals surface area contributed by atoms with Crippen LogP contribution < -0.4 is 0 Å². The minimum absolute atomic E-state index is 0.0739. The molecule has 0 spiro atoms. The van der Waals surface area contributed by atoms with E-state index >= 15 is 0 Å². The minimum Gasteiger partial charge on any atom is -0.362 e. The van der Waals surface area contributed by atoms with E-state index in [-0.39, 0.29) is 11.3 Å². The molecule has 1 heterocycles. The molecule has 1 aliphatic rings. The van der Waals surface area contributed by atoms with Gasteiger partial charge in [0.25, 0.3) is 5.69 Å². The maximum Gasteiger partial charge on any atom is 0.365 e. The van der Waals surface area contributed by atoms with Crippen LogP contribution in [0.5, 0.6) is 0 Å². The number of hydrogen-bond donors (Lipinski definition) is 1. The molecule has 1 aromatic carbocycles. The molecule has 0 atom stereocenters. The van der Waals surface area contributed by atoms with Gasteiger partial charge in [0.05, 0.1) is 16.2 Å². The lowest BCUT2D eigenvalue weighted by molar-refractivity contribution is -0.384. The number of carbonyl (C=O) groups excluding carboxylic acids is 1. The number of benzene rings is 1. The molecule has 0 aliphatic heterocycles. The highest BCUT2D eigenvalue weighted by Gasteiger charge is 2.23. The Morgan fingerprint density at radius 3 is 2.68 bits per heavy atom. The monoisotopic (exact) mass is 341 g/mol. The molecular weight excluding hydrogens is 322 g/mol. The summed E-state index contributed by atoms with van der Waals surface area (Å²) in [6.07, 6.45) is 3.55. The summed E-state index contributed by atoms with van der Waals surface area (Å²) in [5.41, 5.74) is 5.48. The largest absolute Gasteiger partial charge is 0.365 e. The number of nitro benzene ring substituents is 1. The van der Waals surface area contributed by atoms with E-state index in [9.17, 15) is 14.9 Å². The fourth-order valence-electron chi connectivity index (χ4n) is 3.23. The molecule has 0 amide bonds. The van der Waals surface area contributed by atoms with Gasteiger partial charge in [0.2, 0.25) is 0 Å². The molecule has 2 aromatic rings. The molecule has 7 heteroatoms. The molecule has 0 saturated heterocycles. The quantitative estimate of drug-likeness (QED) is 0.521. The summed E-state index contributed by atoms with van der Waals surface area (Å²) in [5, 5.41) is 14.8. The predicted molar refractivity (Wildman–Crippen MR) is 92.9 cm³/mol. The lowest BCUT2D eigenvalue weighted by atomic mass is 9.92. The summed E-state index contributed by atoms with van der Waals surface area (Å²) in [6.45, 7) is 4.13. The van der Waals surface area contributed by atoms with Gasteiger partial charge in [-0.05, 0) is 50.3 Å². The number of aromatic nitrogens is 1. The summed E-state index contributed by atoms with van der Waals surface area (Å²) < 4.78 is 0. The number of H-pyrrole nitrogens is 1. The van der Waals surface area contributed by atoms with Crippen LogP contribution in [0.2, 0.25) is 0 Å². The smallest absolute Gasteiger partial charge is 0.362 e. The molecule has 1 N–H and O–H groups in total. The van der Waals surface area contributed by atoms with Gasteiger partial charge < -0.3 is 9.82 Å². The molecule has 0 bridgehead atoms. The third-order valence-electron chi connectivity index (χ3n) is 4.43. The van der Waals surface area contributed by atoms with E-state index < -0.39 is 10.9 Å². The second-order valence-corrected chi connectivity index (χ2v) is 6.01. The van der Waals surface area contributed by atoms with Gasteiger partial charge in [-0.25, -0.2) is 4.79 Å². The van der Waals surface area contributed by atoms with Crippen molar-refractivity contribution in [2.75, 3.05) is 0 Å². The molecule has 0 radical (unpaired) electrons. The summed E-state index contributed by atoms with van der Waals surface area (Å²) in [5.74, 6) is -0.625. The van der Waals surface area contributed by atoms with E-state index in [0.717, 1.165) is 48.3 Å². The van der Waals surface area contributed by atoms with E-state index in [0.29, 0.717) is 0 Å². The number of rotatable bonds is 4. The van der Waals surface area contributed by atoms with Crippen LogP contribution in [0, 0.1) is 17.0 Å². The van der Waals surface area contributed by atoms with Crippen LogP contribution in [0.15, 0.2) is 29.4 Å². The number of carbonyl (C=O) groups is 1. The molecule has 130 valence electrons. The molecule has 3 rings (SSSR count). The third-order valence-corrected chi connectivity index (χ3v) is 4.43. The number of nitrogens with zero attached hydrogens (tertiary/aromatic N) is 2. The van der Waals surface area contributed by atoms with Gasteiger partial charge in [0.1, 0.15) is 0 Å². The summed E-state index contributed by atoms with van der Waals surface area (Å²) in [6, 6.07) is 5.27. The van der Waals surface area contributed by atoms with Crippen LogP contribution in [0.4, 0.5) is 5.69 Å². The van der Waals surface area contributed by atoms with E-state index in [1.807, 2.05) is 6.92 Å². The molecule has 25 heavy (non-hydrogen) atoms. The van der Waals surface area contributed by atoms with E-state index in [4.69, 9.17) is 4.84 Å². The number of non-ortho nitro benzene ring substituents is 1. The van der Waals surface area contributed by atoms with E-state index in [1.54, 1.807) is 0 Å². The topological polar surface area (TPSA) is 97.6 Å². The Morgan fingerprint density at radius 1 is 1.32 bits per heavy atom. The summed E-state index contributed by atoms with van der Waals surface area (Å²) in [7, 11) is 0. The van der Waals surface area contributed by atoms with Crippen molar-refractivity contribution in [3.05, 3.63) is 62.5 Å². The molecule has 0 fully saturated rings. The number of fused-ring (bicyclic) bond motifs is 1. The van der Waals surface area contributed by atoms with Crippen molar-refractivity contribution in [2.45, 2.75) is 39.5 Å². The zero-order valence-electron chi connectivity index (χ0n) is 14.2. The lowest BCUT2D eigenvalue weighted by Crippen LogP contribution is -2.14. The second kappa shape index (κ2) is 6.88. The molecule has 1 aliphatic carbocycles. The standard InChI is InChI=1S/C18H19N3O4/c1-3-14-11(2)19-15-5-4-6-16(17(14)15)20-25-18(22)12-7-9-13(10-8-12)21(23)24/h7-10,19H,3-6H2,1-2H3/b20-16+. The van der Waals surface area contributed by atoms with Crippen molar-refractivity contribution < 1.29 is 14.6 Å². The highest BCUT2D eigenvalue weighted by atomic mass is 16.7. The first-order chi connectivity index (χ1) is 12.0. The molecule has 0 unspecified atom stereocenters. The number of nitrogens with one attached hydrogen (secondary N) is 1. The Labute approximate surface area is 144 Å². The fraction of sp³-hybridized carbons (Fsp3) is 0.333. The van der Waals surface area contributed by atoms with Crippen molar-refractivity contribution in [2.24, 2.45) is 5.16 Å². The number of aromatic amines is 1. The van der Waals surface area contributed by atoms with Crippen LogP contribution in [-0.4, -0.2) is 21.6 Å². The molecule has 7 nitrogen and oxygen atoms in total. The molecule has 0 saturated carbocycles. The Kier molecular flexibility index (Phi) is 4.65. The third kappa shape index (κ3) is 3.31. The Hall–Kier alpha value is -2.96.